The van der Waals surface area contributed by atoms with Crippen molar-refractivity contribution in [2.75, 3.05) is 5.32 Å². The van der Waals surface area contributed by atoms with Gasteiger partial charge in [0.15, 0.2) is 11.5 Å². The third-order valence-electron chi connectivity index (χ3n) is 2.68. The summed E-state index contributed by atoms with van der Waals surface area (Å²) < 4.78 is 5.10. The number of ether oxygens (including phenoxy) is 1. The highest BCUT2D eigenvalue weighted by Gasteiger charge is 2.26. The van der Waals surface area contributed by atoms with Crippen molar-refractivity contribution >= 4 is 23.3 Å². The monoisotopic (exact) mass is 289 g/mol. The smallest absolute Gasteiger partial charge is 0.412 e. The predicted molar refractivity (Wildman–Crippen MR) is 75.7 cm³/mol. The quantitative estimate of drug-likeness (QED) is 0.829. The lowest BCUT2D eigenvalue weighted by molar-refractivity contribution is 0.0635. The number of benzene rings is 1. The second kappa shape index (κ2) is 5.05. The standard InChI is InChI=1S/C15H15NO5/c1-15(2,3)21-14(20)16-8-4-5-9-10(6-8)11(17)7-12(18)13(9)19/h4-7,18H,1-3H3,(H,16,20). The number of rotatable bonds is 1. The van der Waals surface area contributed by atoms with E-state index in [2.05, 4.69) is 5.32 Å². The van der Waals surface area contributed by atoms with Gasteiger partial charge in [0.1, 0.15) is 5.60 Å². The number of amides is 1. The fourth-order valence-electron chi connectivity index (χ4n) is 1.85. The highest BCUT2D eigenvalue weighted by Crippen LogP contribution is 2.24. The lowest BCUT2D eigenvalue weighted by Crippen LogP contribution is -2.27. The van der Waals surface area contributed by atoms with Crippen LogP contribution in [0.2, 0.25) is 0 Å². The molecule has 6 heteroatoms. The summed E-state index contributed by atoms with van der Waals surface area (Å²) in [5.41, 5.74) is -0.0708. The summed E-state index contributed by atoms with van der Waals surface area (Å²) in [5, 5.41) is 11.8. The van der Waals surface area contributed by atoms with Crippen molar-refractivity contribution in [3.8, 4) is 0 Å². The number of aliphatic hydroxyl groups is 1. The van der Waals surface area contributed by atoms with Crippen LogP contribution in [0.4, 0.5) is 10.5 Å². The molecule has 6 nitrogen and oxygen atoms in total. The Morgan fingerprint density at radius 1 is 1.19 bits per heavy atom. The third-order valence-corrected chi connectivity index (χ3v) is 2.68. The maximum Gasteiger partial charge on any atom is 0.412 e. The van der Waals surface area contributed by atoms with E-state index >= 15 is 0 Å². The summed E-state index contributed by atoms with van der Waals surface area (Å²) in [6.07, 6.45) is 0.206. The molecule has 0 aromatic heterocycles. The number of Topliss-reactive ketones (excluding diaryl/α,β-unsaturated/α-hetero) is 1. The van der Waals surface area contributed by atoms with Crippen LogP contribution >= 0.6 is 0 Å². The zero-order valence-corrected chi connectivity index (χ0v) is 11.9. The molecule has 2 rings (SSSR count). The summed E-state index contributed by atoms with van der Waals surface area (Å²) in [4.78, 5) is 35.1. The minimum atomic E-state index is -0.657. The van der Waals surface area contributed by atoms with E-state index in [-0.39, 0.29) is 11.1 Å². The zero-order valence-electron chi connectivity index (χ0n) is 11.9. The molecule has 0 bridgehead atoms. The molecule has 0 aliphatic heterocycles. The minimum Gasteiger partial charge on any atom is -0.504 e. The predicted octanol–water partition coefficient (Wildman–Crippen LogP) is 2.85. The molecular weight excluding hydrogens is 274 g/mol. The number of fused-ring (bicyclic) bond motifs is 1. The zero-order chi connectivity index (χ0) is 15.8. The fraction of sp³-hybridized carbons (Fsp3) is 0.267. The van der Waals surface area contributed by atoms with E-state index in [9.17, 15) is 19.5 Å². The van der Waals surface area contributed by atoms with E-state index in [4.69, 9.17) is 4.74 Å². The first-order chi connectivity index (χ1) is 9.67. The van der Waals surface area contributed by atoms with Crippen molar-refractivity contribution in [3.05, 3.63) is 41.2 Å². The first-order valence-corrected chi connectivity index (χ1v) is 6.31. The van der Waals surface area contributed by atoms with Crippen LogP contribution in [-0.4, -0.2) is 28.4 Å². The largest absolute Gasteiger partial charge is 0.504 e. The van der Waals surface area contributed by atoms with Crippen LogP contribution in [0.1, 0.15) is 41.5 Å². The van der Waals surface area contributed by atoms with E-state index in [1.54, 1.807) is 20.8 Å². The Morgan fingerprint density at radius 2 is 1.86 bits per heavy atom. The third kappa shape index (κ3) is 3.28. The molecule has 0 fully saturated rings. The number of nitrogens with one attached hydrogen (secondary N) is 1. The molecule has 21 heavy (non-hydrogen) atoms. The number of anilines is 1. The molecule has 1 aliphatic rings. The Labute approximate surface area is 121 Å². The minimum absolute atomic E-state index is 0.106. The first-order valence-electron chi connectivity index (χ1n) is 6.31. The molecule has 0 saturated carbocycles. The molecule has 0 spiro atoms. The van der Waals surface area contributed by atoms with E-state index < -0.39 is 29.0 Å². The molecule has 1 aliphatic carbocycles. The molecular formula is C15H15NO5. The second-order valence-electron chi connectivity index (χ2n) is 5.61. The SMILES string of the molecule is CC(C)(C)OC(=O)Nc1ccc2c(c1)C(=O)C=C(O)C2=O. The first kappa shape index (κ1) is 14.8. The molecule has 0 heterocycles. The van der Waals surface area contributed by atoms with Crippen molar-refractivity contribution in [3.63, 3.8) is 0 Å². The van der Waals surface area contributed by atoms with E-state index in [1.165, 1.54) is 18.2 Å². The molecule has 0 unspecified atom stereocenters. The van der Waals surface area contributed by atoms with Crippen molar-refractivity contribution in [2.24, 2.45) is 0 Å². The van der Waals surface area contributed by atoms with Gasteiger partial charge >= 0.3 is 6.09 Å². The molecule has 1 amide bonds. The second-order valence-corrected chi connectivity index (χ2v) is 5.61. The van der Waals surface area contributed by atoms with Crippen LogP contribution in [0.15, 0.2) is 30.0 Å². The van der Waals surface area contributed by atoms with Crippen molar-refractivity contribution in [2.45, 2.75) is 26.4 Å². The van der Waals surface area contributed by atoms with Crippen molar-refractivity contribution in [1.82, 2.24) is 0 Å². The van der Waals surface area contributed by atoms with E-state index in [0.29, 0.717) is 5.69 Å². The summed E-state index contributed by atoms with van der Waals surface area (Å²) in [7, 11) is 0. The van der Waals surface area contributed by atoms with E-state index in [1.807, 2.05) is 0 Å². The van der Waals surface area contributed by atoms with Crippen molar-refractivity contribution < 1.29 is 24.2 Å². The van der Waals surface area contributed by atoms with Gasteiger partial charge in [-0.3, -0.25) is 14.9 Å². The maximum atomic E-state index is 11.8. The normalized spacial score (nSPS) is 14.3. The van der Waals surface area contributed by atoms with Gasteiger partial charge in [0.2, 0.25) is 5.78 Å². The number of ketones is 2. The molecule has 0 atom stereocenters. The number of aliphatic hydroxyl groups excluding tert-OH is 1. The molecule has 110 valence electrons. The van der Waals surface area contributed by atoms with Gasteiger partial charge in [-0.15, -0.1) is 0 Å². The maximum absolute atomic E-state index is 11.8. The lowest BCUT2D eigenvalue weighted by atomic mass is 9.93. The highest BCUT2D eigenvalue weighted by atomic mass is 16.6. The van der Waals surface area contributed by atoms with Gasteiger partial charge in [-0.1, -0.05) is 0 Å². The number of allylic oxidation sites excluding steroid dienone is 2. The molecule has 1 aromatic carbocycles. The van der Waals surface area contributed by atoms with Crippen LogP contribution in [0.25, 0.3) is 0 Å². The molecule has 2 N–H and O–H groups in total. The van der Waals surface area contributed by atoms with Crippen LogP contribution in [-0.2, 0) is 4.74 Å². The summed E-state index contributed by atoms with van der Waals surface area (Å²) in [6, 6.07) is 4.22. The summed E-state index contributed by atoms with van der Waals surface area (Å²) in [6.45, 7) is 5.19. The summed E-state index contributed by atoms with van der Waals surface area (Å²) in [5.74, 6) is -1.69. The van der Waals surface area contributed by atoms with Crippen LogP contribution in [0, 0.1) is 0 Å². The Bertz CT molecular complexity index is 667. The van der Waals surface area contributed by atoms with Gasteiger partial charge < -0.3 is 9.84 Å². The Kier molecular flexibility index (Phi) is 3.55. The van der Waals surface area contributed by atoms with Gasteiger partial charge in [-0.2, -0.15) is 0 Å². The topological polar surface area (TPSA) is 92.7 Å². The Hall–Kier alpha value is -2.63. The van der Waals surface area contributed by atoms with Gasteiger partial charge in [-0.25, -0.2) is 4.79 Å². The van der Waals surface area contributed by atoms with Crippen molar-refractivity contribution in [1.29, 1.82) is 0 Å². The van der Waals surface area contributed by atoms with Gasteiger partial charge in [0.25, 0.3) is 0 Å². The Balaban J connectivity index is 2.24. The Morgan fingerprint density at radius 3 is 2.48 bits per heavy atom. The number of hydrogen-bond donors (Lipinski definition) is 2. The average Bonchev–Trinajstić information content (AvgIpc) is 2.33. The van der Waals surface area contributed by atoms with Gasteiger partial charge in [0, 0.05) is 22.9 Å². The molecule has 0 radical (unpaired) electrons. The number of hydrogen-bond acceptors (Lipinski definition) is 5. The fourth-order valence-corrected chi connectivity index (χ4v) is 1.85. The van der Waals surface area contributed by atoms with Crippen LogP contribution < -0.4 is 5.32 Å². The number of carbonyl (C=O) groups is 3. The van der Waals surface area contributed by atoms with Crippen LogP contribution in [0.5, 0.6) is 0 Å². The van der Waals surface area contributed by atoms with Gasteiger partial charge in [0.05, 0.1) is 0 Å². The van der Waals surface area contributed by atoms with E-state index in [0.717, 1.165) is 6.08 Å². The van der Waals surface area contributed by atoms with Crippen LogP contribution in [0.3, 0.4) is 0 Å². The summed E-state index contributed by atoms with van der Waals surface area (Å²) >= 11 is 0. The molecule has 1 aromatic rings. The molecule has 0 saturated heterocycles. The average molecular weight is 289 g/mol. The number of carbonyl (C=O) groups excluding carboxylic acids is 3. The lowest BCUT2D eigenvalue weighted by Gasteiger charge is -2.20. The highest BCUT2D eigenvalue weighted by molar-refractivity contribution is 6.23. The van der Waals surface area contributed by atoms with Gasteiger partial charge in [-0.05, 0) is 39.0 Å².